The van der Waals surface area contributed by atoms with Crippen molar-refractivity contribution in [2.75, 3.05) is 36.8 Å². The fraction of sp³-hybridized carbons (Fsp3) is 0.429. The van der Waals surface area contributed by atoms with Gasteiger partial charge in [0, 0.05) is 37.0 Å². The first-order valence-electron chi connectivity index (χ1n) is 7.05. The second kappa shape index (κ2) is 5.57. The largest absolute Gasteiger partial charge is 0.352 e. The molecule has 0 saturated carbocycles. The Morgan fingerprint density at radius 2 is 1.86 bits per heavy atom. The van der Waals surface area contributed by atoms with E-state index in [2.05, 4.69) is 15.1 Å². The smallest absolute Gasteiger partial charge is 0.213 e. The number of benzene rings is 1. The molecule has 0 radical (unpaired) electrons. The lowest BCUT2D eigenvalue weighted by atomic mass is 10.2. The maximum Gasteiger partial charge on any atom is 0.213 e. The van der Waals surface area contributed by atoms with Gasteiger partial charge in [-0.05, 0) is 6.92 Å². The molecule has 3 rings (SSSR count). The molecular weight excluding hydrogens is 288 g/mol. The van der Waals surface area contributed by atoms with E-state index in [-0.39, 0.29) is 5.75 Å². The molecule has 0 aliphatic carbocycles. The van der Waals surface area contributed by atoms with Gasteiger partial charge in [-0.25, -0.2) is 8.42 Å². The minimum atomic E-state index is -3.10. The van der Waals surface area contributed by atoms with Crippen molar-refractivity contribution in [2.45, 2.75) is 6.92 Å². The van der Waals surface area contributed by atoms with Crippen LogP contribution in [0.4, 0.5) is 5.82 Å². The number of sulfonamides is 1. The fourth-order valence-electron chi connectivity index (χ4n) is 2.61. The highest BCUT2D eigenvalue weighted by atomic mass is 32.2. The topological polar surface area (TPSA) is 66.4 Å². The summed E-state index contributed by atoms with van der Waals surface area (Å²) in [7, 11) is -3.10. The summed E-state index contributed by atoms with van der Waals surface area (Å²) in [4.78, 5) is 2.11. The molecule has 0 spiro atoms. The number of aromatic nitrogens is 2. The van der Waals surface area contributed by atoms with Gasteiger partial charge < -0.3 is 4.90 Å². The van der Waals surface area contributed by atoms with Crippen LogP contribution in [0.1, 0.15) is 6.92 Å². The Morgan fingerprint density at radius 3 is 2.57 bits per heavy atom. The molecule has 1 saturated heterocycles. The lowest BCUT2D eigenvalue weighted by Gasteiger charge is -2.34. The first kappa shape index (κ1) is 14.2. The monoisotopic (exact) mass is 306 g/mol. The van der Waals surface area contributed by atoms with Gasteiger partial charge in [-0.2, -0.15) is 9.40 Å². The van der Waals surface area contributed by atoms with Crippen LogP contribution in [0.25, 0.3) is 10.8 Å². The average Bonchev–Trinajstić information content (AvgIpc) is 2.54. The van der Waals surface area contributed by atoms with Crippen LogP contribution in [0.2, 0.25) is 0 Å². The third-order valence-electron chi connectivity index (χ3n) is 3.85. The standard InChI is InChI=1S/C14H18N4O2S/c1-2-21(19,20)18-9-7-17(8-10-18)14-13-6-4-3-5-12(13)11-15-16-14/h3-6,11H,2,7-10H2,1H3. The van der Waals surface area contributed by atoms with Crippen LogP contribution in [-0.4, -0.2) is 54.9 Å². The predicted octanol–water partition coefficient (Wildman–Crippen LogP) is 1.10. The quantitative estimate of drug-likeness (QED) is 0.849. The van der Waals surface area contributed by atoms with E-state index in [1.807, 2.05) is 24.3 Å². The minimum Gasteiger partial charge on any atom is -0.352 e. The number of piperazine rings is 1. The van der Waals surface area contributed by atoms with Crippen LogP contribution in [0.3, 0.4) is 0 Å². The van der Waals surface area contributed by atoms with Crippen LogP contribution in [0.15, 0.2) is 30.5 Å². The van der Waals surface area contributed by atoms with Gasteiger partial charge in [-0.1, -0.05) is 24.3 Å². The summed E-state index contributed by atoms with van der Waals surface area (Å²) in [5.74, 6) is 0.989. The summed E-state index contributed by atoms with van der Waals surface area (Å²) in [5, 5.41) is 10.4. The van der Waals surface area contributed by atoms with Crippen molar-refractivity contribution in [2.24, 2.45) is 0 Å². The van der Waals surface area contributed by atoms with Gasteiger partial charge in [0.15, 0.2) is 5.82 Å². The molecule has 7 heteroatoms. The molecule has 2 aromatic rings. The predicted molar refractivity (Wildman–Crippen MR) is 82.8 cm³/mol. The molecule has 1 aliphatic heterocycles. The van der Waals surface area contributed by atoms with Crippen molar-refractivity contribution in [1.29, 1.82) is 0 Å². The molecule has 0 N–H and O–H groups in total. The van der Waals surface area contributed by atoms with Crippen molar-refractivity contribution < 1.29 is 8.42 Å². The van der Waals surface area contributed by atoms with Crippen molar-refractivity contribution in [3.05, 3.63) is 30.5 Å². The van der Waals surface area contributed by atoms with Crippen molar-refractivity contribution in [3.63, 3.8) is 0 Å². The van der Waals surface area contributed by atoms with Gasteiger partial charge in [0.05, 0.1) is 11.9 Å². The molecule has 6 nitrogen and oxygen atoms in total. The van der Waals surface area contributed by atoms with Crippen molar-refractivity contribution >= 4 is 26.6 Å². The summed E-state index contributed by atoms with van der Waals surface area (Å²) in [6.45, 7) is 3.96. The number of fused-ring (bicyclic) bond motifs is 1. The summed E-state index contributed by atoms with van der Waals surface area (Å²) >= 11 is 0. The first-order chi connectivity index (χ1) is 10.1. The minimum absolute atomic E-state index is 0.154. The molecule has 0 atom stereocenters. The number of hydrogen-bond acceptors (Lipinski definition) is 5. The van der Waals surface area contributed by atoms with Gasteiger partial charge >= 0.3 is 0 Å². The Morgan fingerprint density at radius 1 is 1.14 bits per heavy atom. The number of rotatable bonds is 3. The van der Waals surface area contributed by atoms with E-state index in [4.69, 9.17) is 0 Å². The molecule has 0 bridgehead atoms. The van der Waals surface area contributed by atoms with Crippen molar-refractivity contribution in [1.82, 2.24) is 14.5 Å². The highest BCUT2D eigenvalue weighted by Crippen LogP contribution is 2.24. The number of anilines is 1. The zero-order chi connectivity index (χ0) is 14.9. The van der Waals surface area contributed by atoms with E-state index in [1.54, 1.807) is 17.4 Å². The van der Waals surface area contributed by atoms with E-state index in [0.717, 1.165) is 16.6 Å². The fourth-order valence-corrected chi connectivity index (χ4v) is 3.69. The second-order valence-corrected chi connectivity index (χ2v) is 7.30. The van der Waals surface area contributed by atoms with Gasteiger partial charge in [-0.3, -0.25) is 0 Å². The van der Waals surface area contributed by atoms with Gasteiger partial charge in [-0.15, -0.1) is 5.10 Å². The molecule has 1 aromatic carbocycles. The van der Waals surface area contributed by atoms with Crippen LogP contribution in [0.5, 0.6) is 0 Å². The third kappa shape index (κ3) is 2.71. The molecule has 2 heterocycles. The lowest BCUT2D eigenvalue weighted by Crippen LogP contribution is -2.49. The Labute approximate surface area is 124 Å². The summed E-state index contributed by atoms with van der Waals surface area (Å²) in [5.41, 5.74) is 0. The highest BCUT2D eigenvalue weighted by Gasteiger charge is 2.26. The molecule has 112 valence electrons. The van der Waals surface area contributed by atoms with Gasteiger partial charge in [0.25, 0.3) is 0 Å². The van der Waals surface area contributed by atoms with Crippen LogP contribution >= 0.6 is 0 Å². The molecule has 21 heavy (non-hydrogen) atoms. The lowest BCUT2D eigenvalue weighted by molar-refractivity contribution is 0.384. The average molecular weight is 306 g/mol. The van der Waals surface area contributed by atoms with Crippen LogP contribution < -0.4 is 4.90 Å². The Hall–Kier alpha value is -1.73. The molecular formula is C14H18N4O2S. The normalized spacial score (nSPS) is 17.3. The van der Waals surface area contributed by atoms with E-state index >= 15 is 0 Å². The maximum atomic E-state index is 11.9. The van der Waals surface area contributed by atoms with E-state index in [1.165, 1.54) is 0 Å². The highest BCUT2D eigenvalue weighted by molar-refractivity contribution is 7.89. The van der Waals surface area contributed by atoms with Gasteiger partial charge in [0.1, 0.15) is 0 Å². The third-order valence-corrected chi connectivity index (χ3v) is 5.73. The Bertz CT molecular complexity index is 734. The summed E-state index contributed by atoms with van der Waals surface area (Å²) in [6, 6.07) is 7.98. The summed E-state index contributed by atoms with van der Waals surface area (Å²) in [6.07, 6.45) is 1.75. The molecule has 1 aromatic heterocycles. The molecule has 0 unspecified atom stereocenters. The second-order valence-electron chi connectivity index (χ2n) is 5.04. The number of hydrogen-bond donors (Lipinski definition) is 0. The van der Waals surface area contributed by atoms with Gasteiger partial charge in [0.2, 0.25) is 10.0 Å². The molecule has 1 aliphatic rings. The Kier molecular flexibility index (Phi) is 3.77. The van der Waals surface area contributed by atoms with E-state index in [9.17, 15) is 8.42 Å². The maximum absolute atomic E-state index is 11.9. The zero-order valence-electron chi connectivity index (χ0n) is 11.9. The van der Waals surface area contributed by atoms with E-state index in [0.29, 0.717) is 26.2 Å². The number of nitrogens with zero attached hydrogens (tertiary/aromatic N) is 4. The van der Waals surface area contributed by atoms with Crippen LogP contribution in [-0.2, 0) is 10.0 Å². The first-order valence-corrected chi connectivity index (χ1v) is 8.66. The van der Waals surface area contributed by atoms with Crippen molar-refractivity contribution in [3.8, 4) is 0 Å². The van der Waals surface area contributed by atoms with E-state index < -0.39 is 10.0 Å². The molecule has 1 fully saturated rings. The van der Waals surface area contributed by atoms with Crippen LogP contribution in [0, 0.1) is 0 Å². The summed E-state index contributed by atoms with van der Waals surface area (Å²) < 4.78 is 25.3. The zero-order valence-corrected chi connectivity index (χ0v) is 12.8. The SMILES string of the molecule is CCS(=O)(=O)N1CCN(c2nncc3ccccc23)CC1. The molecule has 0 amide bonds. The Balaban J connectivity index is 1.83.